The van der Waals surface area contributed by atoms with Crippen LogP contribution in [0.1, 0.15) is 35.6 Å². The molecule has 2 unspecified atom stereocenters. The van der Waals surface area contributed by atoms with Gasteiger partial charge in [-0.1, -0.05) is 0 Å². The molecule has 3 N–H and O–H groups in total. The molecular weight excluding hydrogens is 543 g/mol. The zero-order valence-electron chi connectivity index (χ0n) is 20.9. The monoisotopic (exact) mass is 576 g/mol. The van der Waals surface area contributed by atoms with Crippen LogP contribution in [0.15, 0.2) is 102 Å². The Morgan fingerprint density at radius 2 is 1.49 bits per heavy atom. The molecule has 0 aliphatic rings. The van der Waals surface area contributed by atoms with Gasteiger partial charge in [-0.3, -0.25) is 0 Å². The maximum atomic E-state index is 13.7. The average molecular weight is 577 g/mol. The molecule has 0 saturated carbocycles. The van der Waals surface area contributed by atoms with E-state index in [1.165, 1.54) is 0 Å². The summed E-state index contributed by atoms with van der Waals surface area (Å²) in [5.74, 6) is -0.210. The van der Waals surface area contributed by atoms with Crippen molar-refractivity contribution < 1.29 is 13.2 Å². The van der Waals surface area contributed by atoms with Crippen LogP contribution in [0.3, 0.4) is 0 Å². The van der Waals surface area contributed by atoms with Crippen LogP contribution in [0.4, 0.5) is 0 Å². The Balaban J connectivity index is 1.61. The second-order valence-corrected chi connectivity index (χ2v) is 17.2. The Morgan fingerprint density at radius 1 is 0.865 bits per heavy atom. The van der Waals surface area contributed by atoms with E-state index in [2.05, 4.69) is 5.32 Å². The van der Waals surface area contributed by atoms with Crippen LogP contribution in [0, 0.1) is 6.92 Å². The molecular formula is C30H33AsN2O3S. The number of rotatable bonds is 11. The van der Waals surface area contributed by atoms with Crippen molar-refractivity contribution in [1.82, 2.24) is 5.32 Å². The molecule has 192 valence electrons. The van der Waals surface area contributed by atoms with Crippen LogP contribution in [0.5, 0.6) is 0 Å². The minimum atomic E-state index is -3.61. The van der Waals surface area contributed by atoms with Gasteiger partial charge in [0.1, 0.15) is 0 Å². The zero-order valence-corrected chi connectivity index (χ0v) is 23.8. The first-order valence-electron chi connectivity index (χ1n) is 12.5. The van der Waals surface area contributed by atoms with Crippen LogP contribution < -0.4 is 11.1 Å². The van der Waals surface area contributed by atoms with Gasteiger partial charge in [0.25, 0.3) is 0 Å². The fraction of sp³-hybridized carbons (Fsp3) is 0.233. The molecule has 0 fully saturated rings. The Kier molecular flexibility index (Phi) is 9.20. The number of aryl methyl sites for hydroxylation is 1. The van der Waals surface area contributed by atoms with Crippen molar-refractivity contribution in [1.29, 1.82) is 0 Å². The predicted molar refractivity (Wildman–Crippen MR) is 153 cm³/mol. The molecule has 0 aliphatic carbocycles. The van der Waals surface area contributed by atoms with E-state index in [-0.39, 0.29) is 11.9 Å². The third-order valence-corrected chi connectivity index (χ3v) is 14.3. The Bertz CT molecular complexity index is 1440. The minimum absolute atomic E-state index is 0.210. The van der Waals surface area contributed by atoms with E-state index in [4.69, 9.17) is 5.73 Å². The van der Waals surface area contributed by atoms with Gasteiger partial charge in [-0.2, -0.15) is 0 Å². The summed E-state index contributed by atoms with van der Waals surface area (Å²) in [5, 5.41) is 4.84. The number of fused-ring (bicyclic) bond motifs is 1. The molecule has 3 atom stereocenters. The molecule has 4 aromatic carbocycles. The van der Waals surface area contributed by atoms with Crippen molar-refractivity contribution in [2.75, 3.05) is 6.54 Å². The van der Waals surface area contributed by atoms with Gasteiger partial charge in [-0.15, -0.1) is 0 Å². The van der Waals surface area contributed by atoms with Gasteiger partial charge >= 0.3 is 226 Å². The standard InChI is InChI=1S/C30H33AsN2O3S/c1-22-18-19-29(26-16-9-8-15-25(22)26)37(35,36)31-27(17-10-20-32)30(34)33-28(24-13-6-3-7-14-24)21-23-11-4-2-5-12-23/h2-9,11-16,18-19,27-28,31H,10,17,20-21,32H2,1H3,(H,33,34)/t27-,28?/m0/s1. The topological polar surface area (TPSA) is 89.3 Å². The van der Waals surface area contributed by atoms with Gasteiger partial charge in [0.2, 0.25) is 0 Å². The maximum absolute atomic E-state index is 13.7. The first kappa shape index (κ1) is 27.1. The van der Waals surface area contributed by atoms with Crippen LogP contribution in [0.2, 0.25) is 4.71 Å². The summed E-state index contributed by atoms with van der Waals surface area (Å²) in [6, 6.07) is 30.7. The number of hydrogen-bond donors (Lipinski definition) is 2. The van der Waals surface area contributed by atoms with Crippen LogP contribution in [0.25, 0.3) is 10.8 Å². The van der Waals surface area contributed by atoms with Crippen LogP contribution >= 0.6 is 0 Å². The number of amides is 1. The van der Waals surface area contributed by atoms with E-state index >= 15 is 0 Å². The molecule has 0 aliphatic heterocycles. The average Bonchev–Trinajstić information content (AvgIpc) is 2.92. The summed E-state index contributed by atoms with van der Waals surface area (Å²) in [6.45, 7) is 2.39. The number of nitrogens with two attached hydrogens (primary N) is 1. The van der Waals surface area contributed by atoms with Crippen molar-refractivity contribution in [3.63, 3.8) is 0 Å². The Labute approximate surface area is 225 Å². The van der Waals surface area contributed by atoms with Crippen molar-refractivity contribution in [2.24, 2.45) is 5.73 Å². The number of nitrogens with one attached hydrogen (secondary N) is 1. The van der Waals surface area contributed by atoms with Gasteiger partial charge in [0.05, 0.1) is 0 Å². The first-order valence-corrected chi connectivity index (χ1v) is 17.8. The molecule has 0 aromatic heterocycles. The van der Waals surface area contributed by atoms with Gasteiger partial charge in [-0.05, 0) is 0 Å². The van der Waals surface area contributed by atoms with Gasteiger partial charge in [0.15, 0.2) is 0 Å². The quantitative estimate of drug-likeness (QED) is 0.249. The van der Waals surface area contributed by atoms with E-state index in [0.29, 0.717) is 30.7 Å². The second kappa shape index (κ2) is 12.6. The molecule has 4 aromatic rings. The molecule has 0 bridgehead atoms. The van der Waals surface area contributed by atoms with Crippen molar-refractivity contribution in [3.8, 4) is 0 Å². The fourth-order valence-corrected chi connectivity index (χ4v) is 12.3. The normalized spacial score (nSPS) is 13.6. The summed E-state index contributed by atoms with van der Waals surface area (Å²) < 4.78 is 26.9. The number of carbonyl (C=O) groups excluding carboxylic acids is 1. The Hall–Kier alpha value is -2.92. The van der Waals surface area contributed by atoms with Crippen LogP contribution in [-0.4, -0.2) is 35.5 Å². The van der Waals surface area contributed by atoms with Crippen molar-refractivity contribution >= 4 is 39.4 Å². The molecule has 7 heteroatoms. The number of hydrogen-bond acceptors (Lipinski definition) is 4. The van der Waals surface area contributed by atoms with E-state index in [1.54, 1.807) is 6.07 Å². The summed E-state index contributed by atoms with van der Waals surface area (Å²) >= 11 is -1.74. The van der Waals surface area contributed by atoms with Crippen LogP contribution in [-0.2, 0) is 19.3 Å². The molecule has 0 spiro atoms. The molecule has 0 saturated heterocycles. The summed E-state index contributed by atoms with van der Waals surface area (Å²) in [5.41, 5.74) is 8.89. The summed E-state index contributed by atoms with van der Waals surface area (Å²) in [4.78, 5) is 14.0. The van der Waals surface area contributed by atoms with E-state index < -0.39 is 27.4 Å². The van der Waals surface area contributed by atoms with Gasteiger partial charge in [0, 0.05) is 0 Å². The zero-order chi connectivity index (χ0) is 26.3. The molecule has 1 amide bonds. The van der Waals surface area contributed by atoms with E-state index in [1.807, 2.05) is 97.9 Å². The Morgan fingerprint density at radius 3 is 2.16 bits per heavy atom. The molecule has 0 radical (unpaired) electrons. The van der Waals surface area contributed by atoms with Gasteiger partial charge < -0.3 is 0 Å². The number of benzene rings is 4. The molecule has 0 heterocycles. The van der Waals surface area contributed by atoms with Gasteiger partial charge in [-0.25, -0.2) is 0 Å². The second-order valence-electron chi connectivity index (χ2n) is 9.19. The molecule has 4 rings (SSSR count). The first-order chi connectivity index (χ1) is 17.9. The molecule has 5 nitrogen and oxygen atoms in total. The molecule has 37 heavy (non-hydrogen) atoms. The fourth-order valence-electron chi connectivity index (χ4n) is 4.53. The predicted octanol–water partition coefficient (Wildman–Crippen LogP) is 4.90. The SMILES string of the molecule is Cc1ccc(S(=O)(=O)[AsH][C@@H](CCCN)C(=O)NC(Cc2ccccc2)c2ccccc2)c2ccccc12. The van der Waals surface area contributed by atoms with Crippen molar-refractivity contribution in [3.05, 3.63) is 114 Å². The summed E-state index contributed by atoms with van der Waals surface area (Å²) in [7, 11) is -3.61. The summed E-state index contributed by atoms with van der Waals surface area (Å²) in [6.07, 6.45) is 1.67. The number of carbonyl (C=O) groups is 1. The third kappa shape index (κ3) is 6.89. The third-order valence-electron chi connectivity index (χ3n) is 6.50. The van der Waals surface area contributed by atoms with E-state index in [0.717, 1.165) is 27.5 Å². The van der Waals surface area contributed by atoms with E-state index in [9.17, 15) is 13.2 Å². The van der Waals surface area contributed by atoms with Crippen molar-refractivity contribution in [2.45, 2.75) is 41.8 Å².